The van der Waals surface area contributed by atoms with Crippen LogP contribution in [0.2, 0.25) is 0 Å². The summed E-state index contributed by atoms with van der Waals surface area (Å²) in [6.07, 6.45) is 1.39. The standard InChI is InChI=1S/C22H19N3O3S/c1-15-6-9-19(10-7-15)29-21-11-8-17(13-20(21)25(27)28)14-23-24-22(26)18-5-3-4-16(2)12-18/h3-14H,1-2H3,(H,24,26)/b23-14+. The minimum absolute atomic E-state index is 0.00969. The third-order valence-corrected chi connectivity index (χ3v) is 5.16. The van der Waals surface area contributed by atoms with Gasteiger partial charge in [-0.15, -0.1) is 0 Å². The van der Waals surface area contributed by atoms with Gasteiger partial charge < -0.3 is 0 Å². The van der Waals surface area contributed by atoms with Gasteiger partial charge in [-0.05, 0) is 44.2 Å². The van der Waals surface area contributed by atoms with E-state index in [4.69, 9.17) is 0 Å². The number of nitrogens with one attached hydrogen (secondary N) is 1. The molecule has 0 radical (unpaired) electrons. The average molecular weight is 405 g/mol. The molecule has 1 amide bonds. The predicted molar refractivity (Wildman–Crippen MR) is 115 cm³/mol. The molecule has 0 aliphatic rings. The maximum atomic E-state index is 12.1. The molecule has 3 aromatic carbocycles. The van der Waals surface area contributed by atoms with Crippen LogP contribution in [0.3, 0.4) is 0 Å². The summed E-state index contributed by atoms with van der Waals surface area (Å²) in [6, 6.07) is 19.8. The Morgan fingerprint density at radius 2 is 1.79 bits per heavy atom. The van der Waals surface area contributed by atoms with Crippen molar-refractivity contribution in [3.8, 4) is 0 Å². The first-order chi connectivity index (χ1) is 13.9. The first-order valence-corrected chi connectivity index (χ1v) is 9.67. The van der Waals surface area contributed by atoms with E-state index in [0.29, 0.717) is 16.0 Å². The monoisotopic (exact) mass is 405 g/mol. The second-order valence-electron chi connectivity index (χ2n) is 6.47. The Hall–Kier alpha value is -3.45. The molecule has 3 aromatic rings. The molecule has 7 heteroatoms. The number of hydrogen-bond donors (Lipinski definition) is 1. The van der Waals surface area contributed by atoms with Gasteiger partial charge in [-0.3, -0.25) is 14.9 Å². The van der Waals surface area contributed by atoms with Gasteiger partial charge in [0.05, 0.1) is 16.0 Å². The lowest BCUT2D eigenvalue weighted by molar-refractivity contribution is -0.387. The molecule has 29 heavy (non-hydrogen) atoms. The van der Waals surface area contributed by atoms with Crippen molar-refractivity contribution in [2.45, 2.75) is 23.6 Å². The van der Waals surface area contributed by atoms with E-state index in [0.717, 1.165) is 16.0 Å². The molecule has 0 spiro atoms. The fourth-order valence-electron chi connectivity index (χ4n) is 2.59. The number of carbonyl (C=O) groups excluding carboxylic acids is 1. The van der Waals surface area contributed by atoms with Crippen LogP contribution in [0.25, 0.3) is 0 Å². The zero-order valence-electron chi connectivity index (χ0n) is 16.0. The summed E-state index contributed by atoms with van der Waals surface area (Å²) in [5, 5.41) is 15.4. The topological polar surface area (TPSA) is 84.6 Å². The summed E-state index contributed by atoms with van der Waals surface area (Å²) in [5.41, 5.74) is 5.55. The van der Waals surface area contributed by atoms with E-state index in [2.05, 4.69) is 10.5 Å². The average Bonchev–Trinajstić information content (AvgIpc) is 2.70. The predicted octanol–water partition coefficient (Wildman–Crippen LogP) is 5.13. The molecule has 0 bridgehead atoms. The molecule has 6 nitrogen and oxygen atoms in total. The normalized spacial score (nSPS) is 10.8. The SMILES string of the molecule is Cc1ccc(Sc2ccc(/C=N/NC(=O)c3cccc(C)c3)cc2[N+](=O)[O-])cc1. The van der Waals surface area contributed by atoms with Crippen LogP contribution in [0.5, 0.6) is 0 Å². The smallest absolute Gasteiger partial charge is 0.267 e. The number of nitrogens with zero attached hydrogens (tertiary/aromatic N) is 2. The van der Waals surface area contributed by atoms with Gasteiger partial charge in [0.15, 0.2) is 0 Å². The van der Waals surface area contributed by atoms with E-state index in [-0.39, 0.29) is 11.6 Å². The van der Waals surface area contributed by atoms with E-state index < -0.39 is 4.92 Å². The molecular weight excluding hydrogens is 386 g/mol. The zero-order chi connectivity index (χ0) is 20.8. The number of hydrogen-bond acceptors (Lipinski definition) is 5. The lowest BCUT2D eigenvalue weighted by atomic mass is 10.1. The molecular formula is C22H19N3O3S. The molecule has 0 fully saturated rings. The molecule has 3 rings (SSSR count). The summed E-state index contributed by atoms with van der Waals surface area (Å²) in [7, 11) is 0. The maximum absolute atomic E-state index is 12.1. The highest BCUT2D eigenvalue weighted by atomic mass is 32.2. The quantitative estimate of drug-likeness (QED) is 0.350. The summed E-state index contributed by atoms with van der Waals surface area (Å²) in [5.74, 6) is -0.342. The van der Waals surface area contributed by atoms with Gasteiger partial charge in [0.2, 0.25) is 0 Å². The van der Waals surface area contributed by atoms with Crippen LogP contribution in [0, 0.1) is 24.0 Å². The molecule has 0 saturated heterocycles. The second kappa shape index (κ2) is 9.16. The first kappa shape index (κ1) is 20.3. The van der Waals surface area contributed by atoms with Crippen molar-refractivity contribution in [3.63, 3.8) is 0 Å². The van der Waals surface area contributed by atoms with Gasteiger partial charge in [-0.2, -0.15) is 5.10 Å². The number of aryl methyl sites for hydroxylation is 2. The van der Waals surface area contributed by atoms with Crippen LogP contribution in [0.1, 0.15) is 27.0 Å². The first-order valence-electron chi connectivity index (χ1n) is 8.85. The molecule has 0 unspecified atom stereocenters. The molecule has 0 aliphatic heterocycles. The number of benzene rings is 3. The van der Waals surface area contributed by atoms with E-state index >= 15 is 0 Å². The van der Waals surface area contributed by atoms with Crippen LogP contribution >= 0.6 is 11.8 Å². The maximum Gasteiger partial charge on any atom is 0.283 e. The Morgan fingerprint density at radius 1 is 1.03 bits per heavy atom. The van der Waals surface area contributed by atoms with Gasteiger partial charge in [-0.1, -0.05) is 53.2 Å². The van der Waals surface area contributed by atoms with Crippen molar-refractivity contribution < 1.29 is 9.72 Å². The highest BCUT2D eigenvalue weighted by Gasteiger charge is 2.15. The summed E-state index contributed by atoms with van der Waals surface area (Å²) < 4.78 is 0. The number of rotatable bonds is 6. The summed E-state index contributed by atoms with van der Waals surface area (Å²) in [6.45, 7) is 3.89. The second-order valence-corrected chi connectivity index (χ2v) is 7.58. The summed E-state index contributed by atoms with van der Waals surface area (Å²) >= 11 is 1.33. The largest absolute Gasteiger partial charge is 0.283 e. The van der Waals surface area contributed by atoms with Crippen LogP contribution in [0.4, 0.5) is 5.69 Å². The van der Waals surface area contributed by atoms with Crippen LogP contribution in [-0.2, 0) is 0 Å². The lowest BCUT2D eigenvalue weighted by Crippen LogP contribution is -2.17. The Labute approximate surface area is 172 Å². The van der Waals surface area contributed by atoms with Gasteiger partial charge in [0.25, 0.3) is 11.6 Å². The molecule has 0 aliphatic carbocycles. The third-order valence-electron chi connectivity index (χ3n) is 4.09. The minimum Gasteiger partial charge on any atom is -0.267 e. The third kappa shape index (κ3) is 5.52. The number of hydrazone groups is 1. The van der Waals surface area contributed by atoms with Crippen molar-refractivity contribution in [2.75, 3.05) is 0 Å². The van der Waals surface area contributed by atoms with E-state index in [9.17, 15) is 14.9 Å². The van der Waals surface area contributed by atoms with E-state index in [1.807, 2.05) is 44.2 Å². The Morgan fingerprint density at radius 3 is 2.48 bits per heavy atom. The van der Waals surface area contributed by atoms with E-state index in [1.165, 1.54) is 24.0 Å². The Bertz CT molecular complexity index is 1080. The van der Waals surface area contributed by atoms with Crippen molar-refractivity contribution in [1.82, 2.24) is 5.43 Å². The molecule has 1 N–H and O–H groups in total. The van der Waals surface area contributed by atoms with Crippen molar-refractivity contribution in [1.29, 1.82) is 0 Å². The van der Waals surface area contributed by atoms with Crippen molar-refractivity contribution in [2.24, 2.45) is 5.10 Å². The minimum atomic E-state index is -0.417. The number of amides is 1. The fraction of sp³-hybridized carbons (Fsp3) is 0.0909. The number of nitro groups is 1. The fourth-order valence-corrected chi connectivity index (χ4v) is 3.49. The molecule has 0 aromatic heterocycles. The van der Waals surface area contributed by atoms with E-state index in [1.54, 1.807) is 30.3 Å². The highest BCUT2D eigenvalue weighted by Crippen LogP contribution is 2.35. The van der Waals surface area contributed by atoms with Crippen LogP contribution < -0.4 is 5.43 Å². The molecule has 0 saturated carbocycles. The van der Waals surface area contributed by atoms with Crippen LogP contribution in [-0.4, -0.2) is 17.0 Å². The Kier molecular flexibility index (Phi) is 6.41. The zero-order valence-corrected chi connectivity index (χ0v) is 16.8. The molecule has 0 heterocycles. The van der Waals surface area contributed by atoms with Crippen LogP contribution in [0.15, 0.2) is 81.6 Å². The van der Waals surface area contributed by atoms with Gasteiger partial charge in [0.1, 0.15) is 0 Å². The van der Waals surface area contributed by atoms with Crippen molar-refractivity contribution >= 4 is 29.6 Å². The molecule has 146 valence electrons. The molecule has 0 atom stereocenters. The number of nitro benzene ring substituents is 1. The summed E-state index contributed by atoms with van der Waals surface area (Å²) in [4.78, 5) is 24.6. The lowest BCUT2D eigenvalue weighted by Gasteiger charge is -2.05. The van der Waals surface area contributed by atoms with Gasteiger partial charge in [0, 0.05) is 22.1 Å². The number of carbonyl (C=O) groups is 1. The Balaban J connectivity index is 1.74. The van der Waals surface area contributed by atoms with Gasteiger partial charge in [-0.25, -0.2) is 5.43 Å². The van der Waals surface area contributed by atoms with Gasteiger partial charge >= 0.3 is 0 Å². The highest BCUT2D eigenvalue weighted by molar-refractivity contribution is 7.99. The van der Waals surface area contributed by atoms with Crippen molar-refractivity contribution in [3.05, 3.63) is 99.1 Å².